The summed E-state index contributed by atoms with van der Waals surface area (Å²) < 4.78 is 26.6. The van der Waals surface area contributed by atoms with Crippen LogP contribution >= 0.6 is 0 Å². The van der Waals surface area contributed by atoms with E-state index in [0.29, 0.717) is 44.0 Å². The summed E-state index contributed by atoms with van der Waals surface area (Å²) in [5, 5.41) is 2.68. The third kappa shape index (κ3) is 5.11. The molecule has 8 heteroatoms. The minimum Gasteiger partial charge on any atom is -0.347 e. The van der Waals surface area contributed by atoms with E-state index in [1.165, 1.54) is 4.31 Å². The van der Waals surface area contributed by atoms with Gasteiger partial charge in [-0.2, -0.15) is 4.31 Å². The molecule has 0 spiro atoms. The smallest absolute Gasteiger partial charge is 0.311 e. The average Bonchev–Trinajstić information content (AvgIpc) is 3.12. The fourth-order valence-electron chi connectivity index (χ4n) is 3.72. The van der Waals surface area contributed by atoms with Gasteiger partial charge in [0.15, 0.2) is 0 Å². The molecule has 2 fully saturated rings. The summed E-state index contributed by atoms with van der Waals surface area (Å²) in [6.45, 7) is 2.82. The van der Waals surface area contributed by atoms with Crippen LogP contribution in [-0.2, 0) is 26.0 Å². The van der Waals surface area contributed by atoms with Crippen molar-refractivity contribution < 1.29 is 18.0 Å². The van der Waals surface area contributed by atoms with Crippen molar-refractivity contribution in [2.24, 2.45) is 0 Å². The normalized spacial score (nSPS) is 18.6. The van der Waals surface area contributed by atoms with Crippen molar-refractivity contribution >= 4 is 21.8 Å². The standard InChI is InChI=1S/C20H29N3O4S/c24-19(20(25)22-13-3-1-2-4-14-22)21-12-11-17-7-9-18(10-8-17)28(26,27)23-15-5-6-16-23/h7-10H,1-6,11-16H2,(H,21,24). The highest BCUT2D eigenvalue weighted by Gasteiger charge is 2.27. The van der Waals surface area contributed by atoms with Crippen molar-refractivity contribution in [2.45, 2.75) is 49.8 Å². The van der Waals surface area contributed by atoms with Crippen LogP contribution in [0.2, 0.25) is 0 Å². The molecule has 0 aromatic heterocycles. The number of hydrogen-bond acceptors (Lipinski definition) is 4. The van der Waals surface area contributed by atoms with Crippen LogP contribution < -0.4 is 5.32 Å². The molecule has 0 aliphatic carbocycles. The molecule has 0 bridgehead atoms. The van der Waals surface area contributed by atoms with Crippen molar-refractivity contribution in [3.8, 4) is 0 Å². The lowest BCUT2D eigenvalue weighted by atomic mass is 10.1. The van der Waals surface area contributed by atoms with Gasteiger partial charge in [0.1, 0.15) is 0 Å². The number of nitrogens with one attached hydrogen (secondary N) is 1. The summed E-state index contributed by atoms with van der Waals surface area (Å²) in [5.41, 5.74) is 0.919. The van der Waals surface area contributed by atoms with E-state index in [9.17, 15) is 18.0 Å². The lowest BCUT2D eigenvalue weighted by molar-refractivity contribution is -0.145. The maximum absolute atomic E-state index is 12.5. The van der Waals surface area contributed by atoms with E-state index >= 15 is 0 Å². The molecule has 1 aromatic carbocycles. The van der Waals surface area contributed by atoms with E-state index in [2.05, 4.69) is 5.32 Å². The van der Waals surface area contributed by atoms with Crippen LogP contribution in [0.1, 0.15) is 44.1 Å². The van der Waals surface area contributed by atoms with Crippen LogP contribution in [-0.4, -0.2) is 62.2 Å². The van der Waals surface area contributed by atoms with Crippen LogP contribution in [0.25, 0.3) is 0 Å². The Labute approximate surface area is 167 Å². The van der Waals surface area contributed by atoms with E-state index in [4.69, 9.17) is 0 Å². The number of sulfonamides is 1. The molecule has 0 saturated carbocycles. The number of hydrogen-bond donors (Lipinski definition) is 1. The molecule has 28 heavy (non-hydrogen) atoms. The van der Waals surface area contributed by atoms with Gasteiger partial charge in [0, 0.05) is 32.7 Å². The molecule has 2 aliphatic heterocycles. The highest BCUT2D eigenvalue weighted by molar-refractivity contribution is 7.89. The maximum Gasteiger partial charge on any atom is 0.311 e. The first-order chi connectivity index (χ1) is 13.5. The molecule has 2 aliphatic rings. The summed E-state index contributed by atoms with van der Waals surface area (Å²) in [4.78, 5) is 26.3. The van der Waals surface area contributed by atoms with E-state index in [1.807, 2.05) is 0 Å². The first kappa shape index (κ1) is 20.8. The quantitative estimate of drug-likeness (QED) is 0.750. The predicted molar refractivity (Wildman–Crippen MR) is 106 cm³/mol. The van der Waals surface area contributed by atoms with Crippen molar-refractivity contribution in [1.29, 1.82) is 0 Å². The fraction of sp³-hybridized carbons (Fsp3) is 0.600. The number of benzene rings is 1. The second kappa shape index (κ2) is 9.52. The molecular weight excluding hydrogens is 378 g/mol. The fourth-order valence-corrected chi connectivity index (χ4v) is 5.24. The highest BCUT2D eigenvalue weighted by atomic mass is 32.2. The molecule has 0 unspecified atom stereocenters. The maximum atomic E-state index is 12.5. The summed E-state index contributed by atoms with van der Waals surface area (Å²) in [6, 6.07) is 6.78. The number of nitrogens with zero attached hydrogens (tertiary/aromatic N) is 2. The number of carbonyl (C=O) groups is 2. The average molecular weight is 408 g/mol. The summed E-state index contributed by atoms with van der Waals surface area (Å²) in [7, 11) is -3.40. The zero-order chi connectivity index (χ0) is 20.0. The largest absolute Gasteiger partial charge is 0.347 e. The van der Waals surface area contributed by atoms with Gasteiger partial charge in [-0.05, 0) is 49.8 Å². The van der Waals surface area contributed by atoms with E-state index in [-0.39, 0.29) is 0 Å². The van der Waals surface area contributed by atoms with E-state index in [1.54, 1.807) is 29.2 Å². The molecule has 2 saturated heterocycles. The van der Waals surface area contributed by atoms with Gasteiger partial charge < -0.3 is 10.2 Å². The lowest BCUT2D eigenvalue weighted by Crippen LogP contribution is -2.43. The molecule has 2 amide bonds. The topological polar surface area (TPSA) is 86.8 Å². The molecular formula is C20H29N3O4S. The third-order valence-corrected chi connectivity index (χ3v) is 7.33. The Morgan fingerprint density at radius 3 is 2.04 bits per heavy atom. The Kier molecular flexibility index (Phi) is 7.07. The van der Waals surface area contributed by atoms with Gasteiger partial charge in [0.25, 0.3) is 0 Å². The van der Waals surface area contributed by atoms with E-state index in [0.717, 1.165) is 44.1 Å². The molecule has 154 valence electrons. The van der Waals surface area contributed by atoms with Gasteiger partial charge in [0.05, 0.1) is 4.90 Å². The number of carbonyl (C=O) groups excluding carboxylic acids is 2. The van der Waals surface area contributed by atoms with E-state index < -0.39 is 21.8 Å². The van der Waals surface area contributed by atoms with Crippen LogP contribution in [0, 0.1) is 0 Å². The molecule has 3 rings (SSSR count). The van der Waals surface area contributed by atoms with Crippen LogP contribution in [0.3, 0.4) is 0 Å². The Morgan fingerprint density at radius 2 is 1.43 bits per heavy atom. The Hall–Kier alpha value is -1.93. The van der Waals surface area contributed by atoms with Crippen LogP contribution in [0.5, 0.6) is 0 Å². The Bertz CT molecular complexity index is 778. The summed E-state index contributed by atoms with van der Waals surface area (Å²) >= 11 is 0. The molecule has 1 N–H and O–H groups in total. The second-order valence-corrected chi connectivity index (χ2v) is 9.41. The number of rotatable bonds is 5. The summed E-state index contributed by atoms with van der Waals surface area (Å²) in [6.07, 6.45) is 6.48. The van der Waals surface area contributed by atoms with Gasteiger partial charge in [0.2, 0.25) is 10.0 Å². The highest BCUT2D eigenvalue weighted by Crippen LogP contribution is 2.21. The zero-order valence-electron chi connectivity index (χ0n) is 16.2. The minimum atomic E-state index is -3.40. The molecule has 7 nitrogen and oxygen atoms in total. The molecule has 1 aromatic rings. The van der Waals surface area contributed by atoms with Gasteiger partial charge in [-0.3, -0.25) is 9.59 Å². The van der Waals surface area contributed by atoms with Crippen molar-refractivity contribution in [3.63, 3.8) is 0 Å². The lowest BCUT2D eigenvalue weighted by Gasteiger charge is -2.19. The minimum absolute atomic E-state index is 0.304. The molecule has 0 radical (unpaired) electrons. The zero-order valence-corrected chi connectivity index (χ0v) is 17.0. The first-order valence-corrected chi connectivity index (χ1v) is 11.6. The van der Waals surface area contributed by atoms with Gasteiger partial charge >= 0.3 is 11.8 Å². The first-order valence-electron chi connectivity index (χ1n) is 10.1. The SMILES string of the molecule is O=C(NCCc1ccc(S(=O)(=O)N2CCCC2)cc1)C(=O)N1CCCCCC1. The summed E-state index contributed by atoms with van der Waals surface area (Å²) in [5.74, 6) is -1.01. The van der Waals surface area contributed by atoms with Crippen LogP contribution in [0.4, 0.5) is 0 Å². The monoisotopic (exact) mass is 407 g/mol. The Balaban J connectivity index is 1.48. The third-order valence-electron chi connectivity index (χ3n) is 5.41. The van der Waals surface area contributed by atoms with Gasteiger partial charge in [-0.25, -0.2) is 8.42 Å². The number of amides is 2. The predicted octanol–water partition coefficient (Wildman–Crippen LogP) is 1.53. The number of likely N-dealkylation sites (tertiary alicyclic amines) is 1. The molecule has 0 atom stereocenters. The van der Waals surface area contributed by atoms with Gasteiger partial charge in [-0.15, -0.1) is 0 Å². The second-order valence-electron chi connectivity index (χ2n) is 7.47. The van der Waals surface area contributed by atoms with Crippen molar-refractivity contribution in [2.75, 3.05) is 32.7 Å². The van der Waals surface area contributed by atoms with Crippen molar-refractivity contribution in [1.82, 2.24) is 14.5 Å². The molecule has 2 heterocycles. The Morgan fingerprint density at radius 1 is 0.857 bits per heavy atom. The van der Waals surface area contributed by atoms with Gasteiger partial charge in [-0.1, -0.05) is 25.0 Å². The van der Waals surface area contributed by atoms with Crippen LogP contribution in [0.15, 0.2) is 29.2 Å². The van der Waals surface area contributed by atoms with Crippen molar-refractivity contribution in [3.05, 3.63) is 29.8 Å².